The summed E-state index contributed by atoms with van der Waals surface area (Å²) in [7, 11) is 0. The minimum absolute atomic E-state index is 0.206. The molecule has 1 aromatic heterocycles. The van der Waals surface area contributed by atoms with Crippen LogP contribution >= 0.6 is 0 Å². The van der Waals surface area contributed by atoms with Crippen LogP contribution < -0.4 is 4.90 Å². The molecule has 3 nitrogen and oxygen atoms in total. The summed E-state index contributed by atoms with van der Waals surface area (Å²) >= 11 is 0. The minimum atomic E-state index is 0.206. The number of pyridine rings is 1. The predicted molar refractivity (Wildman–Crippen MR) is 49.8 cm³/mol. The van der Waals surface area contributed by atoms with Crippen LogP contribution in [-0.4, -0.2) is 30.3 Å². The lowest BCUT2D eigenvalue weighted by molar-refractivity contribution is -0.161. The Hall–Kier alpha value is -1.09. The fourth-order valence-electron chi connectivity index (χ4n) is 1.99. The molecule has 0 unspecified atom stereocenters. The summed E-state index contributed by atoms with van der Waals surface area (Å²) in [5.41, 5.74) is 0.206. The second-order valence-electron chi connectivity index (χ2n) is 3.83. The Morgan fingerprint density at radius 2 is 2.23 bits per heavy atom. The summed E-state index contributed by atoms with van der Waals surface area (Å²) in [5, 5.41) is 0. The van der Waals surface area contributed by atoms with Crippen LogP contribution in [0.3, 0.4) is 0 Å². The quantitative estimate of drug-likeness (QED) is 0.639. The summed E-state index contributed by atoms with van der Waals surface area (Å²) in [4.78, 5) is 6.56. The van der Waals surface area contributed by atoms with Gasteiger partial charge in [-0.2, -0.15) is 0 Å². The summed E-state index contributed by atoms with van der Waals surface area (Å²) in [6.07, 6.45) is 3.05. The number of anilines is 1. The molecule has 0 bridgehead atoms. The smallest absolute Gasteiger partial charge is 0.128 e. The van der Waals surface area contributed by atoms with Crippen LogP contribution in [0.25, 0.3) is 0 Å². The SMILES string of the molecule is c1ccc(N2CC3(CCO3)C2)nc1. The molecule has 0 aromatic carbocycles. The Balaban J connectivity index is 1.71. The number of nitrogens with zero attached hydrogens (tertiary/aromatic N) is 2. The molecule has 0 amide bonds. The third kappa shape index (κ3) is 1.04. The van der Waals surface area contributed by atoms with E-state index in [1.807, 2.05) is 24.4 Å². The summed E-state index contributed by atoms with van der Waals surface area (Å²) in [6.45, 7) is 2.98. The molecule has 3 heterocycles. The molecule has 3 rings (SSSR count). The number of rotatable bonds is 1. The highest BCUT2D eigenvalue weighted by molar-refractivity contribution is 5.43. The van der Waals surface area contributed by atoms with Gasteiger partial charge in [0.25, 0.3) is 0 Å². The fraction of sp³-hybridized carbons (Fsp3) is 0.500. The summed E-state index contributed by atoms with van der Waals surface area (Å²) < 4.78 is 5.54. The van der Waals surface area contributed by atoms with Gasteiger partial charge >= 0.3 is 0 Å². The van der Waals surface area contributed by atoms with Crippen molar-refractivity contribution >= 4 is 5.82 Å². The van der Waals surface area contributed by atoms with Gasteiger partial charge in [-0.3, -0.25) is 0 Å². The van der Waals surface area contributed by atoms with Crippen LogP contribution in [0.1, 0.15) is 6.42 Å². The van der Waals surface area contributed by atoms with Gasteiger partial charge in [-0.15, -0.1) is 0 Å². The van der Waals surface area contributed by atoms with Gasteiger partial charge in [-0.25, -0.2) is 4.98 Å². The van der Waals surface area contributed by atoms with Gasteiger partial charge in [0.1, 0.15) is 11.4 Å². The van der Waals surface area contributed by atoms with E-state index in [1.54, 1.807) is 0 Å². The van der Waals surface area contributed by atoms with Gasteiger partial charge in [0.15, 0.2) is 0 Å². The first-order chi connectivity index (χ1) is 6.38. The number of aromatic nitrogens is 1. The molecule has 0 atom stereocenters. The molecule has 1 aromatic rings. The van der Waals surface area contributed by atoms with E-state index in [0.717, 1.165) is 25.5 Å². The summed E-state index contributed by atoms with van der Waals surface area (Å²) in [5.74, 6) is 1.07. The van der Waals surface area contributed by atoms with Gasteiger partial charge in [0, 0.05) is 12.6 Å². The highest BCUT2D eigenvalue weighted by atomic mass is 16.5. The zero-order valence-electron chi connectivity index (χ0n) is 7.44. The van der Waals surface area contributed by atoms with Crippen molar-refractivity contribution in [2.45, 2.75) is 12.0 Å². The minimum Gasteiger partial charge on any atom is -0.371 e. The predicted octanol–water partition coefficient (Wildman–Crippen LogP) is 1.06. The molecule has 0 saturated carbocycles. The molecule has 3 heteroatoms. The third-order valence-electron chi connectivity index (χ3n) is 2.90. The van der Waals surface area contributed by atoms with Crippen LogP contribution in [0.5, 0.6) is 0 Å². The molecule has 2 aliphatic rings. The second kappa shape index (κ2) is 2.45. The highest BCUT2D eigenvalue weighted by Crippen LogP contribution is 2.37. The van der Waals surface area contributed by atoms with Crippen LogP contribution in [0, 0.1) is 0 Å². The molecule has 2 saturated heterocycles. The number of hydrogen-bond acceptors (Lipinski definition) is 3. The Morgan fingerprint density at radius 1 is 1.38 bits per heavy atom. The highest BCUT2D eigenvalue weighted by Gasteiger charge is 2.49. The van der Waals surface area contributed by atoms with E-state index in [0.29, 0.717) is 0 Å². The molecule has 2 fully saturated rings. The van der Waals surface area contributed by atoms with Gasteiger partial charge in [-0.1, -0.05) is 6.07 Å². The maximum atomic E-state index is 5.54. The van der Waals surface area contributed by atoms with Crippen molar-refractivity contribution in [3.05, 3.63) is 24.4 Å². The number of ether oxygens (including phenoxy) is 1. The van der Waals surface area contributed by atoms with Gasteiger partial charge in [-0.05, 0) is 12.1 Å². The van der Waals surface area contributed by atoms with E-state index in [-0.39, 0.29) is 5.60 Å². The molecule has 0 radical (unpaired) electrons. The lowest BCUT2D eigenvalue weighted by Crippen LogP contribution is -2.68. The number of hydrogen-bond donors (Lipinski definition) is 0. The van der Waals surface area contributed by atoms with Crippen LogP contribution in [0.2, 0.25) is 0 Å². The van der Waals surface area contributed by atoms with Crippen molar-refractivity contribution in [1.82, 2.24) is 4.98 Å². The molecule has 13 heavy (non-hydrogen) atoms. The van der Waals surface area contributed by atoms with Crippen LogP contribution in [0.4, 0.5) is 5.82 Å². The van der Waals surface area contributed by atoms with E-state index < -0.39 is 0 Å². The maximum absolute atomic E-state index is 5.54. The van der Waals surface area contributed by atoms with Crippen LogP contribution in [-0.2, 0) is 4.74 Å². The average molecular weight is 176 g/mol. The van der Waals surface area contributed by atoms with Gasteiger partial charge in [0.2, 0.25) is 0 Å². The topological polar surface area (TPSA) is 25.4 Å². The zero-order valence-corrected chi connectivity index (χ0v) is 7.44. The molecule has 0 aliphatic carbocycles. The standard InChI is InChI=1S/C10H12N2O/c1-2-5-11-9(3-1)12-7-10(8-12)4-6-13-10/h1-3,5H,4,6-8H2. The van der Waals surface area contributed by atoms with E-state index in [2.05, 4.69) is 9.88 Å². The van der Waals surface area contributed by atoms with E-state index in [4.69, 9.17) is 4.74 Å². The van der Waals surface area contributed by atoms with Crippen LogP contribution in [0.15, 0.2) is 24.4 Å². The molecule has 0 N–H and O–H groups in total. The summed E-state index contributed by atoms with van der Waals surface area (Å²) in [6, 6.07) is 6.01. The second-order valence-corrected chi connectivity index (χ2v) is 3.83. The molecule has 2 aliphatic heterocycles. The van der Waals surface area contributed by atoms with E-state index in [1.165, 1.54) is 6.42 Å². The first kappa shape index (κ1) is 7.33. The monoisotopic (exact) mass is 176 g/mol. The lowest BCUT2D eigenvalue weighted by atomic mass is 9.86. The van der Waals surface area contributed by atoms with Crippen molar-refractivity contribution < 1.29 is 4.74 Å². The van der Waals surface area contributed by atoms with Gasteiger partial charge < -0.3 is 9.64 Å². The van der Waals surface area contributed by atoms with Crippen molar-refractivity contribution in [2.24, 2.45) is 0 Å². The zero-order chi connectivity index (χ0) is 8.73. The molecular weight excluding hydrogens is 164 g/mol. The van der Waals surface area contributed by atoms with Gasteiger partial charge in [0.05, 0.1) is 19.7 Å². The van der Waals surface area contributed by atoms with Crippen molar-refractivity contribution in [3.63, 3.8) is 0 Å². The fourth-order valence-corrected chi connectivity index (χ4v) is 1.99. The normalized spacial score (nSPS) is 23.8. The Morgan fingerprint density at radius 3 is 2.77 bits per heavy atom. The lowest BCUT2D eigenvalue weighted by Gasteiger charge is -2.55. The Bertz CT molecular complexity index is 300. The molecule has 1 spiro atoms. The van der Waals surface area contributed by atoms with Crippen molar-refractivity contribution in [3.8, 4) is 0 Å². The first-order valence-electron chi connectivity index (χ1n) is 4.68. The van der Waals surface area contributed by atoms with Crippen molar-refractivity contribution in [1.29, 1.82) is 0 Å². The molecular formula is C10H12N2O. The Kier molecular flexibility index (Phi) is 1.38. The Labute approximate surface area is 77.3 Å². The first-order valence-corrected chi connectivity index (χ1v) is 4.68. The van der Waals surface area contributed by atoms with E-state index >= 15 is 0 Å². The largest absolute Gasteiger partial charge is 0.371 e. The molecule has 68 valence electrons. The third-order valence-corrected chi connectivity index (χ3v) is 2.90. The average Bonchev–Trinajstić information content (AvgIpc) is 2.01. The van der Waals surface area contributed by atoms with E-state index in [9.17, 15) is 0 Å². The van der Waals surface area contributed by atoms with Crippen molar-refractivity contribution in [2.75, 3.05) is 24.6 Å². The maximum Gasteiger partial charge on any atom is 0.128 e.